The lowest BCUT2D eigenvalue weighted by Gasteiger charge is -1.97. The summed E-state index contributed by atoms with van der Waals surface area (Å²) in [6.45, 7) is 0. The number of hydrogen-bond acceptors (Lipinski definition) is 2. The zero-order valence-corrected chi connectivity index (χ0v) is 7.95. The minimum Gasteiger partial charge on any atom is -0.366 e. The quantitative estimate of drug-likeness (QED) is 0.749. The molecule has 0 atom stereocenters. The van der Waals surface area contributed by atoms with E-state index in [9.17, 15) is 4.79 Å². The summed E-state index contributed by atoms with van der Waals surface area (Å²) in [7, 11) is 0. The summed E-state index contributed by atoms with van der Waals surface area (Å²) in [6.07, 6.45) is 2.68. The molecular weight excluding hydrogens is 200 g/mol. The van der Waals surface area contributed by atoms with Gasteiger partial charge in [-0.25, -0.2) is 0 Å². The van der Waals surface area contributed by atoms with E-state index >= 15 is 0 Å². The van der Waals surface area contributed by atoms with Crippen molar-refractivity contribution < 1.29 is 4.79 Å². The number of amides is 1. The highest BCUT2D eigenvalue weighted by Crippen LogP contribution is 2.16. The van der Waals surface area contributed by atoms with Gasteiger partial charge >= 0.3 is 0 Å². The van der Waals surface area contributed by atoms with Gasteiger partial charge in [0.1, 0.15) is 0 Å². The zero-order chi connectivity index (χ0) is 10.6. The van der Waals surface area contributed by atoms with Gasteiger partial charge in [0.2, 0.25) is 5.91 Å². The maximum absolute atomic E-state index is 10.5. The van der Waals surface area contributed by atoms with Gasteiger partial charge < -0.3 is 5.73 Å². The Morgan fingerprint density at radius 1 is 1.57 bits per heavy atom. The molecule has 3 nitrogen and oxygen atoms in total. The van der Waals surface area contributed by atoms with Crippen molar-refractivity contribution in [1.82, 2.24) is 0 Å². The van der Waals surface area contributed by atoms with Crippen LogP contribution in [0.1, 0.15) is 11.1 Å². The molecule has 0 saturated carbocycles. The molecule has 4 heteroatoms. The number of nitrogens with two attached hydrogens (primary N) is 1. The molecular formula is C10H7ClN2O. The van der Waals surface area contributed by atoms with Crippen LogP contribution >= 0.6 is 11.6 Å². The Balaban J connectivity index is 3.10. The van der Waals surface area contributed by atoms with E-state index in [1.54, 1.807) is 12.1 Å². The summed E-state index contributed by atoms with van der Waals surface area (Å²) in [6, 6.07) is 6.80. The molecule has 2 N–H and O–H groups in total. The van der Waals surface area contributed by atoms with E-state index in [1.165, 1.54) is 18.2 Å². The number of primary amides is 1. The lowest BCUT2D eigenvalue weighted by Crippen LogP contribution is -2.05. The summed E-state index contributed by atoms with van der Waals surface area (Å²) >= 11 is 5.69. The summed E-state index contributed by atoms with van der Waals surface area (Å²) < 4.78 is 0. The van der Waals surface area contributed by atoms with E-state index in [2.05, 4.69) is 0 Å². The fourth-order valence-corrected chi connectivity index (χ4v) is 1.11. The normalized spacial score (nSPS) is 10.0. The Labute approximate surface area is 86.4 Å². The Morgan fingerprint density at radius 2 is 2.29 bits per heavy atom. The predicted octanol–water partition coefficient (Wildman–Crippen LogP) is 1.71. The minimum atomic E-state index is -0.552. The van der Waals surface area contributed by atoms with Crippen molar-refractivity contribution in [2.45, 2.75) is 0 Å². The van der Waals surface area contributed by atoms with Crippen molar-refractivity contribution >= 4 is 23.6 Å². The van der Waals surface area contributed by atoms with Crippen LogP contribution in [0.3, 0.4) is 0 Å². The van der Waals surface area contributed by atoms with Gasteiger partial charge in [0.25, 0.3) is 0 Å². The molecule has 0 radical (unpaired) electrons. The molecule has 0 fully saturated rings. The van der Waals surface area contributed by atoms with E-state index in [0.29, 0.717) is 16.1 Å². The second-order valence-corrected chi connectivity index (χ2v) is 3.02. The Kier molecular flexibility index (Phi) is 3.27. The largest absolute Gasteiger partial charge is 0.366 e. The molecule has 0 bridgehead atoms. The van der Waals surface area contributed by atoms with Gasteiger partial charge in [0.15, 0.2) is 0 Å². The van der Waals surface area contributed by atoms with Gasteiger partial charge in [-0.2, -0.15) is 5.26 Å². The highest BCUT2D eigenvalue weighted by molar-refractivity contribution is 6.30. The van der Waals surface area contributed by atoms with Gasteiger partial charge in [-0.15, -0.1) is 0 Å². The molecule has 70 valence electrons. The van der Waals surface area contributed by atoms with E-state index in [0.717, 1.165) is 0 Å². The first kappa shape index (κ1) is 10.3. The van der Waals surface area contributed by atoms with Crippen LogP contribution in [-0.4, -0.2) is 5.91 Å². The third kappa shape index (κ3) is 2.61. The molecule has 0 unspecified atom stereocenters. The van der Waals surface area contributed by atoms with Crippen LogP contribution < -0.4 is 5.73 Å². The fraction of sp³-hybridized carbons (Fsp3) is 0. The molecule has 14 heavy (non-hydrogen) atoms. The van der Waals surface area contributed by atoms with Gasteiger partial charge in [-0.05, 0) is 23.8 Å². The van der Waals surface area contributed by atoms with E-state index in [-0.39, 0.29) is 0 Å². The maximum atomic E-state index is 10.5. The molecule has 0 spiro atoms. The average Bonchev–Trinajstić information content (AvgIpc) is 2.15. The molecule has 0 saturated heterocycles. The van der Waals surface area contributed by atoms with Crippen molar-refractivity contribution in [1.29, 1.82) is 5.26 Å². The minimum absolute atomic E-state index is 0.412. The number of nitrogens with zero attached hydrogens (tertiary/aromatic N) is 1. The number of nitriles is 1. The summed E-state index contributed by atoms with van der Waals surface area (Å²) in [5.74, 6) is -0.552. The molecule has 1 aromatic rings. The second kappa shape index (κ2) is 4.45. The SMILES string of the molecule is N#Cc1cc(Cl)ccc1C=CC(N)=O. The van der Waals surface area contributed by atoms with Crippen LogP contribution in [0.4, 0.5) is 0 Å². The second-order valence-electron chi connectivity index (χ2n) is 2.58. The Hall–Kier alpha value is -1.79. The molecule has 0 aromatic heterocycles. The van der Waals surface area contributed by atoms with E-state index < -0.39 is 5.91 Å². The molecule has 0 aliphatic carbocycles. The van der Waals surface area contributed by atoms with Crippen LogP contribution in [0.15, 0.2) is 24.3 Å². The van der Waals surface area contributed by atoms with Crippen molar-refractivity contribution in [3.63, 3.8) is 0 Å². The van der Waals surface area contributed by atoms with Crippen LogP contribution in [0.5, 0.6) is 0 Å². The van der Waals surface area contributed by atoms with Crippen molar-refractivity contribution in [3.05, 3.63) is 40.4 Å². The number of carbonyl (C=O) groups is 1. The molecule has 0 heterocycles. The summed E-state index contributed by atoms with van der Waals surface area (Å²) in [4.78, 5) is 10.5. The number of carbonyl (C=O) groups excluding carboxylic acids is 1. The van der Waals surface area contributed by atoms with Crippen molar-refractivity contribution in [3.8, 4) is 6.07 Å². The van der Waals surface area contributed by atoms with Crippen molar-refractivity contribution in [2.24, 2.45) is 5.73 Å². The first-order valence-electron chi connectivity index (χ1n) is 3.80. The van der Waals surface area contributed by atoms with Gasteiger partial charge in [-0.3, -0.25) is 4.79 Å². The number of rotatable bonds is 2. The first-order valence-corrected chi connectivity index (χ1v) is 4.18. The maximum Gasteiger partial charge on any atom is 0.241 e. The van der Waals surface area contributed by atoms with Crippen LogP contribution in [-0.2, 0) is 4.79 Å². The van der Waals surface area contributed by atoms with Gasteiger partial charge in [0.05, 0.1) is 11.6 Å². The lowest BCUT2D eigenvalue weighted by atomic mass is 10.1. The van der Waals surface area contributed by atoms with E-state index in [4.69, 9.17) is 22.6 Å². The van der Waals surface area contributed by atoms with Crippen LogP contribution in [0.25, 0.3) is 6.08 Å². The number of hydrogen-bond donors (Lipinski definition) is 1. The lowest BCUT2D eigenvalue weighted by molar-refractivity contribution is -0.113. The number of halogens is 1. The van der Waals surface area contributed by atoms with Crippen LogP contribution in [0.2, 0.25) is 5.02 Å². The third-order valence-corrected chi connectivity index (χ3v) is 1.80. The molecule has 0 aliphatic rings. The first-order chi connectivity index (χ1) is 6.63. The number of benzene rings is 1. The van der Waals surface area contributed by atoms with Gasteiger partial charge in [-0.1, -0.05) is 17.7 Å². The monoisotopic (exact) mass is 206 g/mol. The third-order valence-electron chi connectivity index (χ3n) is 1.56. The Morgan fingerprint density at radius 3 is 2.86 bits per heavy atom. The summed E-state index contributed by atoms with van der Waals surface area (Å²) in [5.41, 5.74) is 5.96. The summed E-state index contributed by atoms with van der Waals surface area (Å²) in [5, 5.41) is 9.23. The smallest absolute Gasteiger partial charge is 0.241 e. The standard InChI is InChI=1S/C10H7ClN2O/c11-9-3-1-7(2-4-10(13)14)8(5-9)6-12/h1-5H,(H2,13,14). The molecule has 1 rings (SSSR count). The zero-order valence-electron chi connectivity index (χ0n) is 7.20. The molecule has 1 aromatic carbocycles. The van der Waals surface area contributed by atoms with Gasteiger partial charge in [0, 0.05) is 11.1 Å². The Bertz CT molecular complexity index is 432. The van der Waals surface area contributed by atoms with E-state index in [1.807, 2.05) is 6.07 Å². The van der Waals surface area contributed by atoms with Crippen LogP contribution in [0, 0.1) is 11.3 Å². The molecule has 1 amide bonds. The average molecular weight is 207 g/mol. The fourth-order valence-electron chi connectivity index (χ4n) is 0.943. The highest BCUT2D eigenvalue weighted by atomic mass is 35.5. The topological polar surface area (TPSA) is 66.9 Å². The van der Waals surface area contributed by atoms with Crippen molar-refractivity contribution in [2.75, 3.05) is 0 Å². The predicted molar refractivity (Wildman–Crippen MR) is 54.4 cm³/mol. The highest BCUT2D eigenvalue weighted by Gasteiger charge is 1.99. The molecule has 0 aliphatic heterocycles.